The lowest BCUT2D eigenvalue weighted by Gasteiger charge is -2.01. The molecule has 0 heterocycles. The first-order valence-corrected chi connectivity index (χ1v) is 4.00. The third kappa shape index (κ3) is 2.50. The Morgan fingerprint density at radius 2 is 2.31 bits per heavy atom. The van der Waals surface area contributed by atoms with Crippen LogP contribution in [0, 0.1) is 5.82 Å². The van der Waals surface area contributed by atoms with Gasteiger partial charge in [-0.2, -0.15) is 0 Å². The van der Waals surface area contributed by atoms with Crippen LogP contribution in [-0.4, -0.2) is 12.4 Å². The molecule has 0 aliphatic heterocycles. The van der Waals surface area contributed by atoms with Gasteiger partial charge in [-0.3, -0.25) is 4.79 Å². The Balaban J connectivity index is 2.98. The van der Waals surface area contributed by atoms with Crippen molar-refractivity contribution < 1.29 is 13.9 Å². The number of rotatable bonds is 3. The van der Waals surface area contributed by atoms with Crippen molar-refractivity contribution in [1.82, 2.24) is 0 Å². The van der Waals surface area contributed by atoms with E-state index >= 15 is 0 Å². The fourth-order valence-electron chi connectivity index (χ4n) is 0.974. The Labute approximate surface area is 80.3 Å². The van der Waals surface area contributed by atoms with E-state index in [2.05, 4.69) is 0 Å². The molecule has 4 heteroatoms. The molecule has 0 saturated carbocycles. The molecular weight excluding hydrogens is 195 g/mol. The number of hydrogen-bond acceptors (Lipinski definition) is 2. The summed E-state index contributed by atoms with van der Waals surface area (Å²) in [5.74, 6) is -0.616. The third-order valence-corrected chi connectivity index (χ3v) is 1.76. The number of halogens is 2. The molecule has 0 aliphatic rings. The predicted molar refractivity (Wildman–Crippen MR) is 47.3 cm³/mol. The second kappa shape index (κ2) is 4.35. The average Bonchev–Trinajstić information content (AvgIpc) is 2.04. The molecular formula is C9H8ClFO2. The van der Waals surface area contributed by atoms with E-state index in [1.54, 1.807) is 6.07 Å². The zero-order chi connectivity index (χ0) is 9.84. The predicted octanol–water partition coefficient (Wildman–Crippen LogP) is 2.35. The van der Waals surface area contributed by atoms with Crippen LogP contribution in [0.1, 0.15) is 15.9 Å². The summed E-state index contributed by atoms with van der Waals surface area (Å²) in [6.07, 6.45) is 0. The molecule has 0 N–H and O–H groups in total. The maximum Gasteiger partial charge on any atom is 0.255 e. The minimum absolute atomic E-state index is 0.110. The molecule has 0 radical (unpaired) electrons. The van der Waals surface area contributed by atoms with E-state index in [4.69, 9.17) is 16.3 Å². The lowest BCUT2D eigenvalue weighted by molar-refractivity contribution is 0.107. The van der Waals surface area contributed by atoms with E-state index < -0.39 is 11.1 Å². The molecule has 0 aromatic heterocycles. The molecule has 70 valence electrons. The molecule has 1 aromatic carbocycles. The first kappa shape index (κ1) is 10.2. The maximum absolute atomic E-state index is 13.1. The Kier molecular flexibility index (Phi) is 3.39. The smallest absolute Gasteiger partial charge is 0.255 e. The van der Waals surface area contributed by atoms with Gasteiger partial charge in [-0.1, -0.05) is 6.07 Å². The van der Waals surface area contributed by atoms with Gasteiger partial charge in [0.05, 0.1) is 12.2 Å². The van der Waals surface area contributed by atoms with Crippen LogP contribution in [0.15, 0.2) is 18.2 Å². The summed E-state index contributed by atoms with van der Waals surface area (Å²) in [7, 11) is 1.51. The first-order chi connectivity index (χ1) is 6.15. The van der Waals surface area contributed by atoms with Gasteiger partial charge in [-0.25, -0.2) is 4.39 Å². The fourth-order valence-corrected chi connectivity index (χ4v) is 1.13. The highest BCUT2D eigenvalue weighted by molar-refractivity contribution is 6.67. The summed E-state index contributed by atoms with van der Waals surface area (Å²) in [5, 5.41) is -0.790. The highest BCUT2D eigenvalue weighted by Crippen LogP contribution is 2.13. The number of ether oxygens (including phenoxy) is 1. The van der Waals surface area contributed by atoms with E-state index in [0.717, 1.165) is 0 Å². The molecule has 1 aromatic rings. The maximum atomic E-state index is 13.1. The van der Waals surface area contributed by atoms with Crippen molar-refractivity contribution in [2.45, 2.75) is 6.61 Å². The minimum atomic E-state index is -0.790. The number of carbonyl (C=O) groups is 1. The van der Waals surface area contributed by atoms with Gasteiger partial charge in [0.2, 0.25) is 0 Å². The fraction of sp³-hybridized carbons (Fsp3) is 0.222. The summed E-state index contributed by atoms with van der Waals surface area (Å²) in [6, 6.07) is 4.18. The van der Waals surface area contributed by atoms with Crippen LogP contribution in [0.3, 0.4) is 0 Å². The van der Waals surface area contributed by atoms with Crippen LogP contribution in [0.25, 0.3) is 0 Å². The van der Waals surface area contributed by atoms with Crippen LogP contribution in [0.5, 0.6) is 0 Å². The molecule has 1 rings (SSSR count). The highest BCUT2D eigenvalue weighted by atomic mass is 35.5. The van der Waals surface area contributed by atoms with E-state index in [9.17, 15) is 9.18 Å². The molecule has 0 unspecified atom stereocenters. The van der Waals surface area contributed by atoms with Gasteiger partial charge in [0.15, 0.2) is 0 Å². The SMILES string of the molecule is COCc1ccc(C(=O)Cl)c(F)c1. The van der Waals surface area contributed by atoms with Gasteiger partial charge >= 0.3 is 0 Å². The number of carbonyl (C=O) groups excluding carboxylic acids is 1. The monoisotopic (exact) mass is 202 g/mol. The lowest BCUT2D eigenvalue weighted by atomic mass is 10.1. The molecule has 0 atom stereocenters. The van der Waals surface area contributed by atoms with E-state index in [1.165, 1.54) is 19.2 Å². The Morgan fingerprint density at radius 1 is 1.62 bits per heavy atom. The van der Waals surface area contributed by atoms with Gasteiger partial charge in [-0.15, -0.1) is 0 Å². The molecule has 2 nitrogen and oxygen atoms in total. The van der Waals surface area contributed by atoms with Crippen molar-refractivity contribution in [2.75, 3.05) is 7.11 Å². The van der Waals surface area contributed by atoms with Crippen molar-refractivity contribution in [1.29, 1.82) is 0 Å². The van der Waals surface area contributed by atoms with Crippen molar-refractivity contribution in [3.05, 3.63) is 35.1 Å². The second-order valence-corrected chi connectivity index (χ2v) is 2.86. The standard InChI is InChI=1S/C9H8ClFO2/c1-13-5-6-2-3-7(9(10)12)8(11)4-6/h2-4H,5H2,1H3. The van der Waals surface area contributed by atoms with E-state index in [-0.39, 0.29) is 5.56 Å². The van der Waals surface area contributed by atoms with Crippen LogP contribution in [0.4, 0.5) is 4.39 Å². The number of hydrogen-bond donors (Lipinski definition) is 0. The molecule has 0 saturated heterocycles. The quantitative estimate of drug-likeness (QED) is 0.704. The van der Waals surface area contributed by atoms with Crippen molar-refractivity contribution in [2.24, 2.45) is 0 Å². The summed E-state index contributed by atoms with van der Waals surface area (Å²) in [6.45, 7) is 0.313. The largest absolute Gasteiger partial charge is 0.380 e. The molecule has 13 heavy (non-hydrogen) atoms. The normalized spacial score (nSPS) is 10.1. The zero-order valence-electron chi connectivity index (χ0n) is 7.01. The number of methoxy groups -OCH3 is 1. The van der Waals surface area contributed by atoms with Crippen molar-refractivity contribution >= 4 is 16.8 Å². The van der Waals surface area contributed by atoms with Crippen LogP contribution >= 0.6 is 11.6 Å². The first-order valence-electron chi connectivity index (χ1n) is 3.62. The van der Waals surface area contributed by atoms with Crippen molar-refractivity contribution in [3.63, 3.8) is 0 Å². The van der Waals surface area contributed by atoms with Crippen LogP contribution < -0.4 is 0 Å². The molecule has 0 amide bonds. The summed E-state index contributed by atoms with van der Waals surface area (Å²) in [4.78, 5) is 10.6. The Hall–Kier alpha value is -0.930. The highest BCUT2D eigenvalue weighted by Gasteiger charge is 2.08. The van der Waals surface area contributed by atoms with Gasteiger partial charge in [0.25, 0.3) is 5.24 Å². The topological polar surface area (TPSA) is 26.3 Å². The summed E-state index contributed by atoms with van der Waals surface area (Å²) >= 11 is 5.13. The lowest BCUT2D eigenvalue weighted by Crippen LogP contribution is -1.96. The molecule has 0 bridgehead atoms. The van der Waals surface area contributed by atoms with Crippen LogP contribution in [-0.2, 0) is 11.3 Å². The van der Waals surface area contributed by atoms with Gasteiger partial charge in [0, 0.05) is 7.11 Å². The van der Waals surface area contributed by atoms with Gasteiger partial charge in [0.1, 0.15) is 5.82 Å². The second-order valence-electron chi connectivity index (χ2n) is 2.52. The number of benzene rings is 1. The van der Waals surface area contributed by atoms with E-state index in [0.29, 0.717) is 12.2 Å². The van der Waals surface area contributed by atoms with Gasteiger partial charge in [-0.05, 0) is 29.3 Å². The van der Waals surface area contributed by atoms with E-state index in [1.807, 2.05) is 0 Å². The Bertz CT molecular complexity index is 325. The van der Waals surface area contributed by atoms with Gasteiger partial charge < -0.3 is 4.74 Å². The molecule has 0 fully saturated rings. The average molecular weight is 203 g/mol. The molecule has 0 aliphatic carbocycles. The summed E-state index contributed by atoms with van der Waals surface area (Å²) < 4.78 is 17.9. The third-order valence-electron chi connectivity index (χ3n) is 1.56. The Morgan fingerprint density at radius 3 is 2.77 bits per heavy atom. The summed E-state index contributed by atoms with van der Waals surface area (Å²) in [5.41, 5.74) is 0.559. The molecule has 0 spiro atoms. The van der Waals surface area contributed by atoms with Crippen LogP contribution in [0.2, 0.25) is 0 Å². The van der Waals surface area contributed by atoms with Crippen molar-refractivity contribution in [3.8, 4) is 0 Å². The zero-order valence-corrected chi connectivity index (χ0v) is 7.77. The minimum Gasteiger partial charge on any atom is -0.380 e.